The van der Waals surface area contributed by atoms with Gasteiger partial charge in [0.1, 0.15) is 5.78 Å². The minimum atomic E-state index is -4.40. The molecule has 3 N–H and O–H groups in total. The number of aliphatic hydroxyl groups is 3. The molecule has 4 nitrogen and oxygen atoms in total. The number of carbonyl (C=O) groups is 1. The zero-order valence-corrected chi connectivity index (χ0v) is 19.9. The van der Waals surface area contributed by atoms with Crippen LogP contribution in [0.5, 0.6) is 0 Å². The molecule has 0 radical (unpaired) electrons. The van der Waals surface area contributed by atoms with Crippen molar-refractivity contribution < 1.29 is 33.3 Å². The molecule has 0 aromatic heterocycles. The molecule has 0 spiro atoms. The van der Waals surface area contributed by atoms with E-state index in [9.17, 15) is 33.3 Å². The summed E-state index contributed by atoms with van der Waals surface area (Å²) in [7, 11) is 0. The predicted octanol–water partition coefficient (Wildman–Crippen LogP) is 5.25. The van der Waals surface area contributed by atoms with Crippen LogP contribution in [0.4, 0.5) is 13.2 Å². The Morgan fingerprint density at radius 1 is 1.18 bits per heavy atom. The first kappa shape index (κ1) is 28.3. The van der Waals surface area contributed by atoms with Crippen molar-refractivity contribution in [2.45, 2.75) is 83.3 Å². The number of hydrogen-bond acceptors (Lipinski definition) is 4. The number of Topliss-reactive ketones (excluding diaryl/α,β-unsaturated/α-hetero) is 1. The van der Waals surface area contributed by atoms with E-state index >= 15 is 0 Å². The van der Waals surface area contributed by atoms with Crippen LogP contribution in [-0.2, 0) is 17.4 Å². The highest BCUT2D eigenvalue weighted by Gasteiger charge is 2.39. The van der Waals surface area contributed by atoms with Gasteiger partial charge in [0.25, 0.3) is 0 Å². The Balaban J connectivity index is 1.85. The van der Waals surface area contributed by atoms with Gasteiger partial charge in [-0.25, -0.2) is 0 Å². The minimum absolute atomic E-state index is 0.0482. The molecule has 0 amide bonds. The number of benzene rings is 1. The van der Waals surface area contributed by atoms with Gasteiger partial charge in [-0.05, 0) is 49.7 Å². The summed E-state index contributed by atoms with van der Waals surface area (Å²) < 4.78 is 38.6. The fourth-order valence-electron chi connectivity index (χ4n) is 4.33. The first-order chi connectivity index (χ1) is 16.0. The quantitative estimate of drug-likeness (QED) is 0.281. The van der Waals surface area contributed by atoms with Crippen molar-refractivity contribution in [1.29, 1.82) is 0 Å². The lowest BCUT2D eigenvalue weighted by atomic mass is 9.89. The second-order valence-corrected chi connectivity index (χ2v) is 9.52. The average Bonchev–Trinajstić information content (AvgIpc) is 3.04. The number of allylic oxidation sites excluding steroid dienone is 2. The summed E-state index contributed by atoms with van der Waals surface area (Å²) >= 11 is 0. The molecule has 1 saturated carbocycles. The summed E-state index contributed by atoms with van der Waals surface area (Å²) in [4.78, 5) is 11.7. The van der Waals surface area contributed by atoms with Crippen LogP contribution in [0.2, 0.25) is 0 Å². The highest BCUT2D eigenvalue weighted by atomic mass is 19.4. The molecule has 2 rings (SSSR count). The summed E-state index contributed by atoms with van der Waals surface area (Å²) in [5, 5.41) is 31.0. The lowest BCUT2D eigenvalue weighted by Gasteiger charge is -2.19. The number of aryl methyl sites for hydroxylation is 1. The number of aliphatic hydroxyl groups excluding tert-OH is 3. The zero-order chi connectivity index (χ0) is 25.3. The molecule has 0 heterocycles. The molecule has 1 aromatic carbocycles. The molecule has 190 valence electrons. The second kappa shape index (κ2) is 13.2. The topological polar surface area (TPSA) is 77.8 Å². The van der Waals surface area contributed by atoms with E-state index in [1.807, 2.05) is 26.0 Å². The van der Waals surface area contributed by atoms with E-state index in [1.54, 1.807) is 18.2 Å². The third-order valence-electron chi connectivity index (χ3n) is 6.47. The Morgan fingerprint density at radius 3 is 2.59 bits per heavy atom. The van der Waals surface area contributed by atoms with Gasteiger partial charge in [0.2, 0.25) is 0 Å². The van der Waals surface area contributed by atoms with Crippen molar-refractivity contribution in [3.63, 3.8) is 0 Å². The number of alkyl halides is 3. The Labute approximate surface area is 200 Å². The number of unbranched alkanes of at least 4 members (excludes halogenated alkanes) is 1. The van der Waals surface area contributed by atoms with Gasteiger partial charge in [-0.15, -0.1) is 0 Å². The molecule has 7 heteroatoms. The van der Waals surface area contributed by atoms with Crippen LogP contribution >= 0.6 is 0 Å². The smallest absolute Gasteiger partial charge is 0.393 e. The number of halogens is 3. The third kappa shape index (κ3) is 9.01. The molecule has 1 fully saturated rings. The van der Waals surface area contributed by atoms with Crippen LogP contribution in [0, 0.1) is 17.8 Å². The van der Waals surface area contributed by atoms with Gasteiger partial charge >= 0.3 is 6.18 Å². The minimum Gasteiger partial charge on any atom is -0.393 e. The van der Waals surface area contributed by atoms with Crippen LogP contribution in [0.1, 0.15) is 63.5 Å². The molecule has 1 aliphatic rings. The van der Waals surface area contributed by atoms with Gasteiger partial charge in [0.15, 0.2) is 0 Å². The molecule has 5 atom stereocenters. The van der Waals surface area contributed by atoms with Crippen molar-refractivity contribution in [3.8, 4) is 0 Å². The first-order valence-corrected chi connectivity index (χ1v) is 12.1. The van der Waals surface area contributed by atoms with Gasteiger partial charge in [0, 0.05) is 24.7 Å². The summed E-state index contributed by atoms with van der Waals surface area (Å²) in [6, 6.07) is 5.07. The lowest BCUT2D eigenvalue weighted by molar-refractivity contribution is -0.137. The van der Waals surface area contributed by atoms with Crippen LogP contribution in [0.15, 0.2) is 48.6 Å². The summed E-state index contributed by atoms with van der Waals surface area (Å²) in [5.74, 6) is -0.201. The van der Waals surface area contributed by atoms with E-state index in [1.165, 1.54) is 6.07 Å². The van der Waals surface area contributed by atoms with E-state index in [2.05, 4.69) is 0 Å². The Morgan fingerprint density at radius 2 is 1.91 bits per heavy atom. The number of hydrogen-bond donors (Lipinski definition) is 3. The van der Waals surface area contributed by atoms with Gasteiger partial charge in [0.05, 0.1) is 23.9 Å². The third-order valence-corrected chi connectivity index (χ3v) is 6.47. The van der Waals surface area contributed by atoms with Crippen molar-refractivity contribution in [2.75, 3.05) is 0 Å². The van der Waals surface area contributed by atoms with Crippen LogP contribution in [0.25, 0.3) is 0 Å². The van der Waals surface area contributed by atoms with Crippen LogP contribution in [-0.4, -0.2) is 39.4 Å². The van der Waals surface area contributed by atoms with Crippen molar-refractivity contribution >= 4 is 5.78 Å². The molecule has 0 unspecified atom stereocenters. The fourth-order valence-corrected chi connectivity index (χ4v) is 4.33. The SMILES string of the molecule is CC(C)C(=O)CCC/C=C\C[C@@H]1[C@@H](/C=C/[C@@H](O)CCc2cccc(C(F)(F)F)c2)[C@H](O)C[C@@H]1O. The largest absolute Gasteiger partial charge is 0.416 e. The Kier molecular flexibility index (Phi) is 11.0. The van der Waals surface area contributed by atoms with Gasteiger partial charge in [-0.1, -0.05) is 56.4 Å². The Hall–Kier alpha value is -1.96. The standard InChI is InChI=1S/C27H37F3O4/c1-18(2)24(32)11-6-4-3-5-10-22-23(26(34)17-25(22)33)15-14-21(31)13-12-19-8-7-9-20(16-19)27(28,29)30/h3,5,7-9,14-16,18,21-23,25-26,31,33-34H,4,6,10-13,17H2,1-2H3/b5-3-,15-14+/t21-,22+,23+,25-,26+/m0/s1. The summed E-state index contributed by atoms with van der Waals surface area (Å²) in [5.41, 5.74) is -0.211. The zero-order valence-electron chi connectivity index (χ0n) is 19.9. The maximum Gasteiger partial charge on any atom is 0.416 e. The van der Waals surface area contributed by atoms with Gasteiger partial charge < -0.3 is 15.3 Å². The van der Waals surface area contributed by atoms with E-state index in [0.717, 1.165) is 25.0 Å². The van der Waals surface area contributed by atoms with Gasteiger partial charge in [-0.3, -0.25) is 4.79 Å². The molecular weight excluding hydrogens is 445 g/mol. The highest BCUT2D eigenvalue weighted by Crippen LogP contribution is 2.36. The van der Waals surface area contributed by atoms with Crippen molar-refractivity contribution in [3.05, 3.63) is 59.7 Å². The van der Waals surface area contributed by atoms with E-state index in [4.69, 9.17) is 0 Å². The van der Waals surface area contributed by atoms with Crippen molar-refractivity contribution in [1.82, 2.24) is 0 Å². The first-order valence-electron chi connectivity index (χ1n) is 12.1. The molecule has 0 aliphatic heterocycles. The fraction of sp³-hybridized carbons (Fsp3) is 0.593. The van der Waals surface area contributed by atoms with E-state index in [-0.39, 0.29) is 42.8 Å². The molecule has 0 bridgehead atoms. The van der Waals surface area contributed by atoms with Crippen LogP contribution in [0.3, 0.4) is 0 Å². The summed E-state index contributed by atoms with van der Waals surface area (Å²) in [6.45, 7) is 3.78. The number of ketones is 1. The molecule has 1 aliphatic carbocycles. The number of carbonyl (C=O) groups excluding carboxylic acids is 1. The molecule has 0 saturated heterocycles. The molecule has 1 aromatic rings. The molecule has 34 heavy (non-hydrogen) atoms. The Bertz CT molecular complexity index is 831. The summed E-state index contributed by atoms with van der Waals surface area (Å²) in [6.07, 6.45) is 4.10. The van der Waals surface area contributed by atoms with E-state index in [0.29, 0.717) is 18.4 Å². The second-order valence-electron chi connectivity index (χ2n) is 9.52. The van der Waals surface area contributed by atoms with Crippen LogP contribution < -0.4 is 0 Å². The van der Waals surface area contributed by atoms with Crippen molar-refractivity contribution in [2.24, 2.45) is 17.8 Å². The monoisotopic (exact) mass is 482 g/mol. The van der Waals surface area contributed by atoms with Gasteiger partial charge in [-0.2, -0.15) is 13.2 Å². The number of rotatable bonds is 12. The highest BCUT2D eigenvalue weighted by molar-refractivity contribution is 5.80. The van der Waals surface area contributed by atoms with E-state index < -0.39 is 30.1 Å². The average molecular weight is 483 g/mol. The maximum absolute atomic E-state index is 12.9. The molecular formula is C27H37F3O4. The lowest BCUT2D eigenvalue weighted by Crippen LogP contribution is -2.20. The predicted molar refractivity (Wildman–Crippen MR) is 126 cm³/mol. The normalized spacial score (nSPS) is 24.5. The maximum atomic E-state index is 12.9.